The summed E-state index contributed by atoms with van der Waals surface area (Å²) in [4.78, 5) is 1.27. The van der Waals surface area contributed by atoms with Crippen LogP contribution in [0.4, 0.5) is 0 Å². The number of thiophene rings is 1. The van der Waals surface area contributed by atoms with Crippen LogP contribution in [0.1, 0.15) is 0 Å². The number of hydrogen-bond donors (Lipinski definition) is 0. The highest BCUT2D eigenvalue weighted by molar-refractivity contribution is 7.23. The van der Waals surface area contributed by atoms with Crippen molar-refractivity contribution in [3.63, 3.8) is 0 Å². The van der Waals surface area contributed by atoms with Crippen LogP contribution in [0, 0.1) is 0 Å². The highest BCUT2D eigenvalue weighted by Crippen LogP contribution is 2.43. The zero-order valence-electron chi connectivity index (χ0n) is 26.6. The predicted octanol–water partition coefficient (Wildman–Crippen LogP) is 12.9. The summed E-state index contributed by atoms with van der Waals surface area (Å²) in [6, 6.07) is 66.0. The lowest BCUT2D eigenvalue weighted by Crippen LogP contribution is -1.93. The molecule has 3 aromatic heterocycles. The number of hydrogen-bond acceptors (Lipinski definition) is 1. The Kier molecular flexibility index (Phi) is 6.39. The van der Waals surface area contributed by atoms with E-state index in [1.807, 2.05) is 11.3 Å². The zero-order valence-corrected chi connectivity index (χ0v) is 27.4. The molecule has 0 radical (unpaired) electrons. The van der Waals surface area contributed by atoms with Crippen molar-refractivity contribution >= 4 is 54.3 Å². The first kappa shape index (κ1) is 27.9. The minimum Gasteiger partial charge on any atom is -0.309 e. The molecular weight excluding hydrogens is 613 g/mol. The molecule has 10 rings (SSSR count). The Hall–Kier alpha value is -6.16. The molecule has 0 aliphatic carbocycles. The van der Waals surface area contributed by atoms with Crippen LogP contribution in [0.2, 0.25) is 0 Å². The smallest absolute Gasteiger partial charge is 0.0655 e. The van der Waals surface area contributed by atoms with E-state index in [0.29, 0.717) is 0 Å². The van der Waals surface area contributed by atoms with Crippen molar-refractivity contribution in [2.24, 2.45) is 0 Å². The average Bonchev–Trinajstić information content (AvgIpc) is 3.84. The maximum Gasteiger partial charge on any atom is 0.0655 e. The standard InChI is InChI=1S/C46H30N2S/c1-3-11-31(12-4-1)33-19-24-36(25-20-33)47-41-17-9-7-15-38(41)40-29-35(23-28-43(40)47)45-30-44-46(49-45)39-16-8-10-18-42(39)48(44)37-26-21-34(22-27-37)32-13-5-2-6-14-32/h1-30H. The third-order valence-corrected chi connectivity index (χ3v) is 11.0. The molecule has 7 aromatic carbocycles. The van der Waals surface area contributed by atoms with Crippen LogP contribution in [-0.4, -0.2) is 9.13 Å². The van der Waals surface area contributed by atoms with Crippen LogP contribution >= 0.6 is 11.3 Å². The van der Waals surface area contributed by atoms with Gasteiger partial charge in [-0.2, -0.15) is 0 Å². The molecule has 3 heteroatoms. The Labute approximate surface area is 288 Å². The molecule has 0 fully saturated rings. The molecule has 0 unspecified atom stereocenters. The van der Waals surface area contributed by atoms with Crippen LogP contribution in [0.3, 0.4) is 0 Å². The lowest BCUT2D eigenvalue weighted by atomic mass is 10.1. The fraction of sp³-hybridized carbons (Fsp3) is 0. The van der Waals surface area contributed by atoms with Crippen molar-refractivity contribution in [2.75, 3.05) is 0 Å². The topological polar surface area (TPSA) is 9.86 Å². The maximum absolute atomic E-state index is 2.42. The van der Waals surface area contributed by atoms with Crippen molar-refractivity contribution in [1.29, 1.82) is 0 Å². The molecule has 0 saturated carbocycles. The van der Waals surface area contributed by atoms with E-state index >= 15 is 0 Å². The third-order valence-electron chi connectivity index (χ3n) is 9.77. The highest BCUT2D eigenvalue weighted by Gasteiger charge is 2.18. The maximum atomic E-state index is 2.42. The SMILES string of the molecule is c1ccc(-c2ccc(-n3c4ccccc4c4cc(-c5cc6c(s5)c5ccccc5n6-c5ccc(-c6ccccc6)cc5)ccc43)cc2)cc1. The van der Waals surface area contributed by atoms with E-state index < -0.39 is 0 Å². The molecule has 10 aromatic rings. The first-order valence-corrected chi connectivity index (χ1v) is 17.5. The first-order valence-electron chi connectivity index (χ1n) is 16.7. The molecule has 0 atom stereocenters. The van der Waals surface area contributed by atoms with Crippen molar-refractivity contribution in [2.45, 2.75) is 0 Å². The largest absolute Gasteiger partial charge is 0.309 e. The molecule has 0 aliphatic heterocycles. The summed E-state index contributed by atoms with van der Waals surface area (Å²) in [6.07, 6.45) is 0. The summed E-state index contributed by atoms with van der Waals surface area (Å²) in [6.45, 7) is 0. The van der Waals surface area contributed by atoms with Gasteiger partial charge in [0, 0.05) is 32.4 Å². The van der Waals surface area contributed by atoms with Gasteiger partial charge in [-0.15, -0.1) is 11.3 Å². The number of rotatable bonds is 5. The van der Waals surface area contributed by atoms with Crippen molar-refractivity contribution in [3.8, 4) is 44.1 Å². The van der Waals surface area contributed by atoms with Gasteiger partial charge in [0.1, 0.15) is 0 Å². The Morgan fingerprint density at radius 3 is 1.37 bits per heavy atom. The van der Waals surface area contributed by atoms with Gasteiger partial charge in [0.2, 0.25) is 0 Å². The Morgan fingerprint density at radius 2 is 0.755 bits per heavy atom. The molecular formula is C46H30N2S. The number of fused-ring (bicyclic) bond motifs is 6. The fourth-order valence-electron chi connectivity index (χ4n) is 7.42. The van der Waals surface area contributed by atoms with Gasteiger partial charge in [-0.3, -0.25) is 0 Å². The summed E-state index contributed by atoms with van der Waals surface area (Å²) in [5.74, 6) is 0. The van der Waals surface area contributed by atoms with Gasteiger partial charge in [0.05, 0.1) is 26.8 Å². The summed E-state index contributed by atoms with van der Waals surface area (Å²) in [7, 11) is 0. The van der Waals surface area contributed by atoms with Gasteiger partial charge in [-0.25, -0.2) is 0 Å². The summed E-state index contributed by atoms with van der Waals surface area (Å²) >= 11 is 1.88. The van der Waals surface area contributed by atoms with Crippen LogP contribution < -0.4 is 0 Å². The van der Waals surface area contributed by atoms with E-state index in [1.54, 1.807) is 0 Å². The Morgan fingerprint density at radius 1 is 0.306 bits per heavy atom. The molecule has 0 amide bonds. The van der Waals surface area contributed by atoms with E-state index in [-0.39, 0.29) is 0 Å². The van der Waals surface area contributed by atoms with Gasteiger partial charge >= 0.3 is 0 Å². The van der Waals surface area contributed by atoms with Gasteiger partial charge < -0.3 is 9.13 Å². The molecule has 2 nitrogen and oxygen atoms in total. The van der Waals surface area contributed by atoms with Gasteiger partial charge in [-0.05, 0) is 82.4 Å². The van der Waals surface area contributed by atoms with Gasteiger partial charge in [-0.1, -0.05) is 127 Å². The number of para-hydroxylation sites is 2. The van der Waals surface area contributed by atoms with Crippen molar-refractivity contribution in [1.82, 2.24) is 9.13 Å². The second-order valence-corrected chi connectivity index (χ2v) is 13.6. The van der Waals surface area contributed by atoms with E-state index in [0.717, 1.165) is 0 Å². The quantitative estimate of drug-likeness (QED) is 0.177. The number of aromatic nitrogens is 2. The predicted molar refractivity (Wildman–Crippen MR) is 209 cm³/mol. The van der Waals surface area contributed by atoms with Crippen molar-refractivity contribution in [3.05, 3.63) is 182 Å². The van der Waals surface area contributed by atoms with E-state index in [2.05, 4.69) is 191 Å². The summed E-state index contributed by atoms with van der Waals surface area (Å²) in [5.41, 5.74) is 13.4. The molecule has 0 saturated heterocycles. The minimum absolute atomic E-state index is 1.17. The van der Waals surface area contributed by atoms with Gasteiger partial charge in [0.25, 0.3) is 0 Å². The van der Waals surface area contributed by atoms with Crippen LogP contribution in [0.25, 0.3) is 87.0 Å². The highest BCUT2D eigenvalue weighted by atomic mass is 32.1. The molecule has 0 aliphatic rings. The number of benzene rings is 7. The van der Waals surface area contributed by atoms with Crippen LogP contribution in [0.15, 0.2) is 182 Å². The summed E-state index contributed by atoms with van der Waals surface area (Å²) in [5, 5.41) is 3.82. The monoisotopic (exact) mass is 642 g/mol. The molecule has 0 bridgehead atoms. The van der Waals surface area contributed by atoms with Crippen LogP contribution in [-0.2, 0) is 0 Å². The fourth-order valence-corrected chi connectivity index (χ4v) is 8.60. The Bertz CT molecular complexity index is 2780. The molecule has 0 spiro atoms. The molecule has 230 valence electrons. The lowest BCUT2D eigenvalue weighted by Gasteiger charge is -2.10. The third kappa shape index (κ3) is 4.55. The number of nitrogens with zero attached hydrogens (tertiary/aromatic N) is 2. The van der Waals surface area contributed by atoms with E-state index in [4.69, 9.17) is 0 Å². The van der Waals surface area contributed by atoms with Crippen LogP contribution in [0.5, 0.6) is 0 Å². The molecule has 0 N–H and O–H groups in total. The first-order chi connectivity index (χ1) is 24.3. The van der Waals surface area contributed by atoms with E-state index in [1.165, 1.54) is 87.0 Å². The van der Waals surface area contributed by atoms with Gasteiger partial charge in [0.15, 0.2) is 0 Å². The average molecular weight is 643 g/mol. The second kappa shape index (κ2) is 11.2. The van der Waals surface area contributed by atoms with E-state index in [9.17, 15) is 0 Å². The summed E-state index contributed by atoms with van der Waals surface area (Å²) < 4.78 is 6.14. The van der Waals surface area contributed by atoms with Crippen molar-refractivity contribution < 1.29 is 0 Å². The lowest BCUT2D eigenvalue weighted by molar-refractivity contribution is 1.18. The normalized spacial score (nSPS) is 11.7. The molecule has 49 heavy (non-hydrogen) atoms. The Balaban J connectivity index is 1.09. The minimum atomic E-state index is 1.17. The molecule has 3 heterocycles. The second-order valence-electron chi connectivity index (χ2n) is 12.6. The zero-order chi connectivity index (χ0) is 32.3.